The van der Waals surface area contributed by atoms with Crippen molar-refractivity contribution in [1.29, 1.82) is 0 Å². The van der Waals surface area contributed by atoms with Crippen molar-refractivity contribution >= 4 is 28.7 Å². The zero-order chi connectivity index (χ0) is 12.5. The van der Waals surface area contributed by atoms with E-state index in [0.29, 0.717) is 6.04 Å². The highest BCUT2D eigenvalue weighted by molar-refractivity contribution is 7.80. The van der Waals surface area contributed by atoms with Crippen LogP contribution < -0.4 is 10.6 Å². The van der Waals surface area contributed by atoms with Gasteiger partial charge in [-0.05, 0) is 36.5 Å². The maximum atomic E-state index is 5.31. The fraction of sp³-hybridized carbons (Fsp3) is 0.615. The molecule has 2 N–H and O–H groups in total. The molecule has 17 heavy (non-hydrogen) atoms. The minimum atomic E-state index is 0.363. The van der Waals surface area contributed by atoms with Gasteiger partial charge in [0.25, 0.3) is 0 Å². The fourth-order valence-corrected chi connectivity index (χ4v) is 2.71. The number of rotatable bonds is 7. The van der Waals surface area contributed by atoms with Gasteiger partial charge in [-0.15, -0.1) is 11.3 Å². The second-order valence-electron chi connectivity index (χ2n) is 4.11. The van der Waals surface area contributed by atoms with Crippen LogP contribution in [0, 0.1) is 0 Å². The Morgan fingerprint density at radius 2 is 2.24 bits per heavy atom. The summed E-state index contributed by atoms with van der Waals surface area (Å²) in [6.07, 6.45) is 4.64. The molecule has 0 bridgehead atoms. The monoisotopic (exact) mass is 270 g/mol. The molecule has 0 aliphatic rings. The standard InChI is InChI=1S/C13H22N2S2/c1-3-5-9-14-13(16)15-11(7-4-2)12-8-6-10-17-12/h6,8,10-11H,3-5,7,9H2,1-2H3,(H2,14,15,16). The number of nitrogens with one attached hydrogen (secondary N) is 2. The molecule has 0 spiro atoms. The molecule has 1 aromatic rings. The summed E-state index contributed by atoms with van der Waals surface area (Å²) in [5.74, 6) is 0. The van der Waals surface area contributed by atoms with Crippen molar-refractivity contribution in [2.24, 2.45) is 0 Å². The second kappa shape index (κ2) is 8.48. The molecule has 0 aromatic carbocycles. The van der Waals surface area contributed by atoms with E-state index in [-0.39, 0.29) is 0 Å². The van der Waals surface area contributed by atoms with Crippen LogP contribution >= 0.6 is 23.6 Å². The van der Waals surface area contributed by atoms with Gasteiger partial charge in [0.15, 0.2) is 5.11 Å². The van der Waals surface area contributed by atoms with E-state index in [9.17, 15) is 0 Å². The van der Waals surface area contributed by atoms with Crippen LogP contribution in [0.2, 0.25) is 0 Å². The SMILES string of the molecule is CCCCNC(=S)NC(CCC)c1cccs1. The van der Waals surface area contributed by atoms with Crippen molar-refractivity contribution in [3.8, 4) is 0 Å². The maximum Gasteiger partial charge on any atom is 0.166 e. The predicted octanol–water partition coefficient (Wildman–Crippen LogP) is 3.85. The van der Waals surface area contributed by atoms with Crippen LogP contribution in [0.1, 0.15) is 50.4 Å². The lowest BCUT2D eigenvalue weighted by molar-refractivity contribution is 0.582. The van der Waals surface area contributed by atoms with E-state index >= 15 is 0 Å². The first-order valence-corrected chi connectivity index (χ1v) is 7.64. The van der Waals surface area contributed by atoms with Crippen LogP contribution in [0.4, 0.5) is 0 Å². The minimum absolute atomic E-state index is 0.363. The van der Waals surface area contributed by atoms with E-state index < -0.39 is 0 Å². The Morgan fingerprint density at radius 1 is 1.41 bits per heavy atom. The van der Waals surface area contributed by atoms with E-state index in [1.54, 1.807) is 11.3 Å². The van der Waals surface area contributed by atoms with E-state index in [1.807, 2.05) is 0 Å². The van der Waals surface area contributed by atoms with Crippen LogP contribution in [-0.4, -0.2) is 11.7 Å². The third kappa shape index (κ3) is 5.50. The summed E-state index contributed by atoms with van der Waals surface area (Å²) in [6, 6.07) is 4.63. The Bertz CT molecular complexity index is 309. The Hall–Kier alpha value is -0.610. The molecule has 2 nitrogen and oxygen atoms in total. The van der Waals surface area contributed by atoms with Gasteiger partial charge in [0, 0.05) is 11.4 Å². The number of hydrogen-bond donors (Lipinski definition) is 2. The topological polar surface area (TPSA) is 24.1 Å². The zero-order valence-corrected chi connectivity index (χ0v) is 12.3. The third-order valence-electron chi connectivity index (χ3n) is 2.59. The predicted molar refractivity (Wildman–Crippen MR) is 80.6 cm³/mol. The van der Waals surface area contributed by atoms with Crippen molar-refractivity contribution in [3.05, 3.63) is 22.4 Å². The second-order valence-corrected chi connectivity index (χ2v) is 5.50. The summed E-state index contributed by atoms with van der Waals surface area (Å²) < 4.78 is 0. The Morgan fingerprint density at radius 3 is 2.82 bits per heavy atom. The third-order valence-corrected chi connectivity index (χ3v) is 3.83. The number of thiocarbonyl (C=S) groups is 1. The molecule has 96 valence electrons. The van der Waals surface area contributed by atoms with Gasteiger partial charge in [-0.1, -0.05) is 32.8 Å². The molecule has 0 saturated carbocycles. The molecule has 4 heteroatoms. The van der Waals surface area contributed by atoms with Crippen LogP contribution in [0.15, 0.2) is 17.5 Å². The molecule has 1 unspecified atom stereocenters. The normalized spacial score (nSPS) is 12.1. The first-order chi connectivity index (χ1) is 8.27. The van der Waals surface area contributed by atoms with Gasteiger partial charge in [-0.2, -0.15) is 0 Å². The highest BCUT2D eigenvalue weighted by Crippen LogP contribution is 2.22. The molecule has 1 heterocycles. The first kappa shape index (κ1) is 14.5. The van der Waals surface area contributed by atoms with Gasteiger partial charge >= 0.3 is 0 Å². The summed E-state index contributed by atoms with van der Waals surface area (Å²) >= 11 is 7.11. The van der Waals surface area contributed by atoms with E-state index in [2.05, 4.69) is 42.0 Å². The van der Waals surface area contributed by atoms with Crippen molar-refractivity contribution in [2.75, 3.05) is 6.54 Å². The van der Waals surface area contributed by atoms with Crippen molar-refractivity contribution < 1.29 is 0 Å². The van der Waals surface area contributed by atoms with Gasteiger partial charge in [-0.25, -0.2) is 0 Å². The van der Waals surface area contributed by atoms with E-state index in [0.717, 1.165) is 24.5 Å². The highest BCUT2D eigenvalue weighted by Gasteiger charge is 2.12. The average Bonchev–Trinajstić information content (AvgIpc) is 2.82. The van der Waals surface area contributed by atoms with Gasteiger partial charge < -0.3 is 10.6 Å². The summed E-state index contributed by atoms with van der Waals surface area (Å²) in [4.78, 5) is 1.37. The van der Waals surface area contributed by atoms with Crippen molar-refractivity contribution in [2.45, 2.75) is 45.6 Å². The molecular formula is C13H22N2S2. The summed E-state index contributed by atoms with van der Waals surface area (Å²) in [5, 5.41) is 9.57. The average molecular weight is 270 g/mol. The number of hydrogen-bond acceptors (Lipinski definition) is 2. The van der Waals surface area contributed by atoms with Crippen LogP contribution in [-0.2, 0) is 0 Å². The lowest BCUT2D eigenvalue weighted by atomic mass is 10.1. The molecule has 0 fully saturated rings. The quantitative estimate of drug-likeness (QED) is 0.581. The van der Waals surface area contributed by atoms with Crippen LogP contribution in [0.25, 0.3) is 0 Å². The van der Waals surface area contributed by atoms with Gasteiger partial charge in [0.1, 0.15) is 0 Å². The molecule has 0 radical (unpaired) electrons. The van der Waals surface area contributed by atoms with Gasteiger partial charge in [0.05, 0.1) is 6.04 Å². The number of unbranched alkanes of at least 4 members (excludes halogenated alkanes) is 1. The van der Waals surface area contributed by atoms with Gasteiger partial charge in [0.2, 0.25) is 0 Å². The molecule has 1 atom stereocenters. The maximum absolute atomic E-state index is 5.31. The Kier molecular flexibility index (Phi) is 7.21. The smallest absolute Gasteiger partial charge is 0.166 e. The van der Waals surface area contributed by atoms with Crippen LogP contribution in [0.5, 0.6) is 0 Å². The molecule has 1 rings (SSSR count). The first-order valence-electron chi connectivity index (χ1n) is 6.35. The molecule has 0 saturated heterocycles. The summed E-state index contributed by atoms with van der Waals surface area (Å²) in [6.45, 7) is 5.35. The van der Waals surface area contributed by atoms with E-state index in [1.165, 1.54) is 17.7 Å². The highest BCUT2D eigenvalue weighted by atomic mass is 32.1. The molecule has 1 aromatic heterocycles. The molecule has 0 aliphatic heterocycles. The minimum Gasteiger partial charge on any atom is -0.363 e. The molecule has 0 amide bonds. The zero-order valence-electron chi connectivity index (χ0n) is 10.7. The van der Waals surface area contributed by atoms with Crippen molar-refractivity contribution in [1.82, 2.24) is 10.6 Å². The largest absolute Gasteiger partial charge is 0.363 e. The Labute approximate surface area is 114 Å². The van der Waals surface area contributed by atoms with Crippen LogP contribution in [0.3, 0.4) is 0 Å². The Balaban J connectivity index is 2.41. The summed E-state index contributed by atoms with van der Waals surface area (Å²) in [5.41, 5.74) is 0. The molecular weight excluding hydrogens is 248 g/mol. The van der Waals surface area contributed by atoms with Gasteiger partial charge in [-0.3, -0.25) is 0 Å². The molecule has 0 aliphatic carbocycles. The number of thiophene rings is 1. The summed E-state index contributed by atoms with van der Waals surface area (Å²) in [7, 11) is 0. The van der Waals surface area contributed by atoms with Crippen molar-refractivity contribution in [3.63, 3.8) is 0 Å². The van der Waals surface area contributed by atoms with E-state index in [4.69, 9.17) is 12.2 Å². The fourth-order valence-electron chi connectivity index (χ4n) is 1.65. The lowest BCUT2D eigenvalue weighted by Gasteiger charge is -2.19. The lowest BCUT2D eigenvalue weighted by Crippen LogP contribution is -2.37.